The number of carbonyl (C=O) groups is 1. The predicted octanol–water partition coefficient (Wildman–Crippen LogP) is 2.64. The molecule has 3 rings (SSSR count). The highest BCUT2D eigenvalue weighted by Crippen LogP contribution is 2.33. The molecule has 0 unspecified atom stereocenters. The Balaban J connectivity index is 1.93. The maximum Gasteiger partial charge on any atom is 0.289 e. The fourth-order valence-corrected chi connectivity index (χ4v) is 3.07. The van der Waals surface area contributed by atoms with Gasteiger partial charge in [-0.25, -0.2) is 0 Å². The van der Waals surface area contributed by atoms with Gasteiger partial charge in [-0.1, -0.05) is 18.3 Å². The summed E-state index contributed by atoms with van der Waals surface area (Å²) in [5.41, 5.74) is 2.07. The number of carbonyl (C=O) groups excluding carboxylic acids is 1. The average Bonchev–Trinajstić information content (AvgIpc) is 2.68. The topological polar surface area (TPSA) is 41.6 Å². The maximum atomic E-state index is 11.2. The minimum Gasteiger partial charge on any atom is -0.490 e. The summed E-state index contributed by atoms with van der Waals surface area (Å²) in [5.74, 6) is 0.872. The van der Waals surface area contributed by atoms with E-state index >= 15 is 0 Å². The average molecular weight is 292 g/mol. The van der Waals surface area contributed by atoms with Gasteiger partial charge in [-0.05, 0) is 35.5 Å². The second kappa shape index (κ2) is 4.86. The fourth-order valence-electron chi connectivity index (χ4n) is 2.04. The van der Waals surface area contributed by atoms with E-state index in [1.54, 1.807) is 0 Å². The van der Waals surface area contributed by atoms with Crippen molar-refractivity contribution in [3.05, 3.63) is 28.7 Å². The second-order valence-electron chi connectivity index (χ2n) is 4.35. The van der Waals surface area contributed by atoms with E-state index in [0.717, 1.165) is 40.2 Å². The number of anilines is 1. The van der Waals surface area contributed by atoms with E-state index in [2.05, 4.69) is 10.2 Å². The van der Waals surface area contributed by atoms with Gasteiger partial charge in [0.15, 0.2) is 0 Å². The van der Waals surface area contributed by atoms with Gasteiger partial charge in [-0.2, -0.15) is 0 Å². The molecule has 1 fully saturated rings. The van der Waals surface area contributed by atoms with Gasteiger partial charge >= 0.3 is 0 Å². The van der Waals surface area contributed by atoms with Crippen LogP contribution in [0.2, 0.25) is 0 Å². The van der Waals surface area contributed by atoms with Crippen LogP contribution >= 0.6 is 24.0 Å². The molecule has 0 spiro atoms. The van der Waals surface area contributed by atoms with Gasteiger partial charge in [0.2, 0.25) is 0 Å². The maximum absolute atomic E-state index is 11.2. The van der Waals surface area contributed by atoms with E-state index in [1.165, 1.54) is 0 Å². The smallest absolute Gasteiger partial charge is 0.289 e. The number of thioether (sulfide) groups is 1. The third-order valence-electron chi connectivity index (χ3n) is 3.02. The lowest BCUT2D eigenvalue weighted by molar-refractivity contribution is 0.265. The van der Waals surface area contributed by atoms with Crippen LogP contribution in [0.3, 0.4) is 0 Å². The molecule has 2 heterocycles. The van der Waals surface area contributed by atoms with Crippen LogP contribution in [0.15, 0.2) is 23.1 Å². The number of likely N-dealkylation sites (N-methyl/N-ethyl adjacent to an activating group) is 1. The van der Waals surface area contributed by atoms with Gasteiger partial charge in [0, 0.05) is 7.05 Å². The summed E-state index contributed by atoms with van der Waals surface area (Å²) in [6.45, 7) is 1.59. The largest absolute Gasteiger partial charge is 0.490 e. The first-order valence-corrected chi connectivity index (χ1v) is 7.09. The lowest BCUT2D eigenvalue weighted by Crippen LogP contribution is -2.28. The number of hydrogen-bond donors (Lipinski definition) is 1. The molecule has 19 heavy (non-hydrogen) atoms. The first kappa shape index (κ1) is 12.5. The minimum absolute atomic E-state index is 0.120. The van der Waals surface area contributed by atoms with E-state index in [4.69, 9.17) is 17.0 Å². The van der Waals surface area contributed by atoms with Gasteiger partial charge in [-0.15, -0.1) is 0 Å². The van der Waals surface area contributed by atoms with Crippen molar-refractivity contribution in [1.82, 2.24) is 5.32 Å². The molecule has 2 aliphatic heterocycles. The molecule has 0 aromatic heterocycles. The Bertz CT molecular complexity index is 598. The van der Waals surface area contributed by atoms with Crippen molar-refractivity contribution in [2.75, 3.05) is 25.1 Å². The number of ether oxygens (including phenoxy) is 1. The predicted molar refractivity (Wildman–Crippen MR) is 81.9 cm³/mol. The van der Waals surface area contributed by atoms with Gasteiger partial charge in [0.25, 0.3) is 5.24 Å². The molecule has 0 radical (unpaired) electrons. The van der Waals surface area contributed by atoms with Crippen LogP contribution in [-0.4, -0.2) is 30.4 Å². The zero-order chi connectivity index (χ0) is 13.4. The molecule has 0 bridgehead atoms. The number of thiocarbonyl (C=S) groups is 1. The molecule has 1 aromatic rings. The Morgan fingerprint density at radius 3 is 3.11 bits per heavy atom. The molecule has 1 amide bonds. The molecule has 1 N–H and O–H groups in total. The SMILES string of the molecule is CN1CCOc2cc(/C=C3\SC(=O)NC3=S)ccc21. The normalized spacial score (nSPS) is 20.3. The number of hydrogen-bond acceptors (Lipinski definition) is 5. The molecule has 2 aliphatic rings. The Morgan fingerprint density at radius 2 is 2.37 bits per heavy atom. The van der Waals surface area contributed by atoms with Gasteiger partial charge in [0.1, 0.15) is 17.3 Å². The monoisotopic (exact) mass is 292 g/mol. The Kier molecular flexibility index (Phi) is 3.20. The number of nitrogens with one attached hydrogen (secondary N) is 1. The highest BCUT2D eigenvalue weighted by atomic mass is 32.2. The van der Waals surface area contributed by atoms with Crippen molar-refractivity contribution in [1.29, 1.82) is 0 Å². The summed E-state index contributed by atoms with van der Waals surface area (Å²) in [5, 5.41) is 2.48. The number of rotatable bonds is 1. The molecule has 4 nitrogen and oxygen atoms in total. The van der Waals surface area contributed by atoms with Crippen LogP contribution in [0.4, 0.5) is 10.5 Å². The van der Waals surface area contributed by atoms with Crippen LogP contribution in [-0.2, 0) is 0 Å². The van der Waals surface area contributed by atoms with Crippen LogP contribution in [0.25, 0.3) is 6.08 Å². The van der Waals surface area contributed by atoms with Crippen LogP contribution in [0.1, 0.15) is 5.56 Å². The summed E-state index contributed by atoms with van der Waals surface area (Å²) < 4.78 is 5.65. The second-order valence-corrected chi connectivity index (χ2v) is 5.77. The van der Waals surface area contributed by atoms with Crippen molar-refractivity contribution >= 4 is 46.0 Å². The molecule has 0 aliphatic carbocycles. The summed E-state index contributed by atoms with van der Waals surface area (Å²) >= 11 is 6.22. The van der Waals surface area contributed by atoms with Crippen molar-refractivity contribution in [3.8, 4) is 5.75 Å². The van der Waals surface area contributed by atoms with Gasteiger partial charge in [0.05, 0.1) is 17.1 Å². The molecular formula is C13H12N2O2S2. The van der Waals surface area contributed by atoms with E-state index in [9.17, 15) is 4.79 Å². The minimum atomic E-state index is -0.120. The molecule has 0 atom stereocenters. The molecule has 98 valence electrons. The lowest BCUT2D eigenvalue weighted by atomic mass is 10.1. The first-order valence-electron chi connectivity index (χ1n) is 5.86. The van der Waals surface area contributed by atoms with Crippen LogP contribution < -0.4 is 15.0 Å². The molecule has 1 aromatic carbocycles. The molecule has 0 saturated carbocycles. The highest BCUT2D eigenvalue weighted by Gasteiger charge is 2.22. The number of benzene rings is 1. The highest BCUT2D eigenvalue weighted by molar-refractivity contribution is 8.19. The molecule has 6 heteroatoms. The van der Waals surface area contributed by atoms with Crippen molar-refractivity contribution in [2.45, 2.75) is 0 Å². The number of amides is 1. The zero-order valence-electron chi connectivity index (χ0n) is 10.3. The van der Waals surface area contributed by atoms with Crippen LogP contribution in [0, 0.1) is 0 Å². The van der Waals surface area contributed by atoms with E-state index in [1.807, 2.05) is 31.3 Å². The quantitative estimate of drug-likeness (QED) is 0.636. The first-order chi connectivity index (χ1) is 9.13. The number of fused-ring (bicyclic) bond motifs is 1. The molecule has 1 saturated heterocycles. The van der Waals surface area contributed by atoms with E-state index < -0.39 is 0 Å². The third kappa shape index (κ3) is 2.46. The summed E-state index contributed by atoms with van der Waals surface area (Å²) in [6.07, 6.45) is 1.91. The third-order valence-corrected chi connectivity index (χ3v) is 4.30. The Labute approximate surface area is 120 Å². The van der Waals surface area contributed by atoms with E-state index in [-0.39, 0.29) is 5.24 Å². The summed E-state index contributed by atoms with van der Waals surface area (Å²) in [4.78, 5) is 14.7. The summed E-state index contributed by atoms with van der Waals surface area (Å²) in [7, 11) is 2.05. The van der Waals surface area contributed by atoms with Gasteiger partial charge < -0.3 is 15.0 Å². The number of nitrogens with zero attached hydrogens (tertiary/aromatic N) is 1. The fraction of sp³-hybridized carbons (Fsp3) is 0.231. The van der Waals surface area contributed by atoms with Crippen LogP contribution in [0.5, 0.6) is 5.75 Å². The van der Waals surface area contributed by atoms with E-state index in [0.29, 0.717) is 11.6 Å². The van der Waals surface area contributed by atoms with Crippen molar-refractivity contribution in [3.63, 3.8) is 0 Å². The Hall–Kier alpha value is -1.53. The standard InChI is InChI=1S/C13H12N2O2S2/c1-15-4-5-17-10-6-8(2-3-9(10)15)7-11-12(18)14-13(16)19-11/h2-3,6-7H,4-5H2,1H3,(H,14,16,18)/b11-7-. The lowest BCUT2D eigenvalue weighted by Gasteiger charge is -2.27. The summed E-state index contributed by atoms with van der Waals surface area (Å²) in [6, 6.07) is 6.01. The van der Waals surface area contributed by atoms with Crippen molar-refractivity contribution < 1.29 is 9.53 Å². The molecular weight excluding hydrogens is 280 g/mol. The zero-order valence-corrected chi connectivity index (χ0v) is 11.9. The van der Waals surface area contributed by atoms with Crippen molar-refractivity contribution in [2.24, 2.45) is 0 Å². The Morgan fingerprint density at radius 1 is 1.53 bits per heavy atom. The van der Waals surface area contributed by atoms with Gasteiger partial charge in [-0.3, -0.25) is 4.79 Å².